The standard InChI is InChI=1S/C13H13BrClNO3/c1-19-13(18)9-3-10(15)5-11(4-9)16-7-8(6-14)2-12(16)17/h3-5,8H,2,6-7H2,1H3. The van der Waals surface area contributed by atoms with Crippen LogP contribution in [-0.4, -0.2) is 30.9 Å². The molecule has 0 aliphatic carbocycles. The number of carbonyl (C=O) groups excluding carboxylic acids is 2. The van der Waals surface area contributed by atoms with E-state index in [1.807, 2.05) is 0 Å². The minimum absolute atomic E-state index is 0.0440. The molecule has 102 valence electrons. The molecule has 0 saturated carbocycles. The van der Waals surface area contributed by atoms with Crippen LogP contribution in [0.15, 0.2) is 18.2 Å². The van der Waals surface area contributed by atoms with Crippen molar-refractivity contribution in [2.45, 2.75) is 6.42 Å². The summed E-state index contributed by atoms with van der Waals surface area (Å²) in [6.45, 7) is 0.630. The summed E-state index contributed by atoms with van der Waals surface area (Å²) in [7, 11) is 1.31. The Bertz CT molecular complexity index is 521. The van der Waals surface area contributed by atoms with Crippen LogP contribution in [0.3, 0.4) is 0 Å². The van der Waals surface area contributed by atoms with Crippen molar-refractivity contribution in [2.24, 2.45) is 5.92 Å². The number of hydrogen-bond acceptors (Lipinski definition) is 3. The van der Waals surface area contributed by atoms with Gasteiger partial charge < -0.3 is 9.64 Å². The molecule has 2 rings (SSSR count). The van der Waals surface area contributed by atoms with Crippen molar-refractivity contribution < 1.29 is 14.3 Å². The molecular weight excluding hydrogens is 334 g/mol. The van der Waals surface area contributed by atoms with Gasteiger partial charge >= 0.3 is 5.97 Å². The van der Waals surface area contributed by atoms with Crippen molar-refractivity contribution >= 4 is 45.1 Å². The molecule has 0 N–H and O–H groups in total. The lowest BCUT2D eigenvalue weighted by Gasteiger charge is -2.17. The first-order valence-electron chi connectivity index (χ1n) is 5.80. The number of halogens is 2. The number of carbonyl (C=O) groups is 2. The SMILES string of the molecule is COC(=O)c1cc(Cl)cc(N2CC(CBr)CC2=O)c1. The third kappa shape index (κ3) is 3.09. The van der Waals surface area contributed by atoms with Gasteiger partial charge in [0.05, 0.1) is 12.7 Å². The van der Waals surface area contributed by atoms with Gasteiger partial charge in [0.25, 0.3) is 0 Å². The second kappa shape index (κ2) is 5.92. The average molecular weight is 347 g/mol. The average Bonchev–Trinajstić information content (AvgIpc) is 2.78. The molecule has 1 aromatic rings. The van der Waals surface area contributed by atoms with Crippen LogP contribution < -0.4 is 4.90 Å². The number of ether oxygens (including phenoxy) is 1. The van der Waals surface area contributed by atoms with E-state index in [1.165, 1.54) is 13.2 Å². The van der Waals surface area contributed by atoms with Crippen LogP contribution in [0.4, 0.5) is 5.69 Å². The van der Waals surface area contributed by atoms with Gasteiger partial charge in [-0.25, -0.2) is 4.79 Å². The fourth-order valence-electron chi connectivity index (χ4n) is 2.10. The Kier molecular flexibility index (Phi) is 4.47. The van der Waals surface area contributed by atoms with Crippen LogP contribution >= 0.6 is 27.5 Å². The third-order valence-corrected chi connectivity index (χ3v) is 4.17. The Morgan fingerprint density at radius 3 is 2.84 bits per heavy atom. The number of esters is 1. The minimum Gasteiger partial charge on any atom is -0.465 e. The van der Waals surface area contributed by atoms with Crippen LogP contribution in [0.5, 0.6) is 0 Å². The van der Waals surface area contributed by atoms with E-state index in [-0.39, 0.29) is 11.8 Å². The van der Waals surface area contributed by atoms with Crippen molar-refractivity contribution in [1.82, 2.24) is 0 Å². The molecular formula is C13H13BrClNO3. The molecule has 1 aromatic carbocycles. The molecule has 0 bridgehead atoms. The summed E-state index contributed by atoms with van der Waals surface area (Å²) in [6, 6.07) is 4.84. The first-order chi connectivity index (χ1) is 9.05. The fourth-order valence-corrected chi connectivity index (χ4v) is 2.76. The number of anilines is 1. The molecule has 19 heavy (non-hydrogen) atoms. The Hall–Kier alpha value is -1.07. The van der Waals surface area contributed by atoms with Gasteiger partial charge in [-0.3, -0.25) is 4.79 Å². The number of methoxy groups -OCH3 is 1. The van der Waals surface area contributed by atoms with Gasteiger partial charge in [0.1, 0.15) is 0 Å². The highest BCUT2D eigenvalue weighted by molar-refractivity contribution is 9.09. The van der Waals surface area contributed by atoms with Gasteiger partial charge in [-0.15, -0.1) is 0 Å². The monoisotopic (exact) mass is 345 g/mol. The Morgan fingerprint density at radius 1 is 1.53 bits per heavy atom. The second-order valence-corrected chi connectivity index (χ2v) is 5.50. The molecule has 0 spiro atoms. The lowest BCUT2D eigenvalue weighted by atomic mass is 10.1. The van der Waals surface area contributed by atoms with Gasteiger partial charge in [0, 0.05) is 29.0 Å². The molecule has 1 heterocycles. The lowest BCUT2D eigenvalue weighted by Crippen LogP contribution is -2.25. The summed E-state index contributed by atoms with van der Waals surface area (Å²) in [6.07, 6.45) is 0.505. The van der Waals surface area contributed by atoms with Crippen molar-refractivity contribution in [1.29, 1.82) is 0 Å². The van der Waals surface area contributed by atoms with Crippen molar-refractivity contribution in [3.8, 4) is 0 Å². The highest BCUT2D eigenvalue weighted by Crippen LogP contribution is 2.29. The summed E-state index contributed by atoms with van der Waals surface area (Å²) in [4.78, 5) is 25.2. The van der Waals surface area contributed by atoms with Gasteiger partial charge in [-0.1, -0.05) is 27.5 Å². The first kappa shape index (κ1) is 14.3. The van der Waals surface area contributed by atoms with E-state index in [2.05, 4.69) is 20.7 Å². The minimum atomic E-state index is -0.465. The molecule has 0 aromatic heterocycles. The Balaban J connectivity index is 2.32. The Labute approximate surface area is 124 Å². The number of alkyl halides is 1. The van der Waals surface area contributed by atoms with Crippen LogP contribution in [-0.2, 0) is 9.53 Å². The summed E-state index contributed by atoms with van der Waals surface area (Å²) < 4.78 is 4.67. The maximum absolute atomic E-state index is 12.0. The Morgan fingerprint density at radius 2 is 2.26 bits per heavy atom. The zero-order valence-corrected chi connectivity index (χ0v) is 12.7. The smallest absolute Gasteiger partial charge is 0.337 e. The van der Waals surface area contributed by atoms with Gasteiger partial charge in [-0.2, -0.15) is 0 Å². The lowest BCUT2D eigenvalue weighted by molar-refractivity contribution is -0.117. The zero-order chi connectivity index (χ0) is 14.0. The van der Waals surface area contributed by atoms with Crippen molar-refractivity contribution in [3.63, 3.8) is 0 Å². The second-order valence-electron chi connectivity index (χ2n) is 4.42. The molecule has 1 amide bonds. The maximum Gasteiger partial charge on any atom is 0.337 e. The van der Waals surface area contributed by atoms with Crippen LogP contribution in [0.1, 0.15) is 16.8 Å². The highest BCUT2D eigenvalue weighted by atomic mass is 79.9. The molecule has 1 aliphatic rings. The number of nitrogens with zero attached hydrogens (tertiary/aromatic N) is 1. The van der Waals surface area contributed by atoms with E-state index in [0.717, 1.165) is 5.33 Å². The molecule has 1 saturated heterocycles. The summed E-state index contributed by atoms with van der Waals surface area (Å²) in [5, 5.41) is 1.19. The predicted molar refractivity (Wildman–Crippen MR) is 77.0 cm³/mol. The van der Waals surface area contributed by atoms with E-state index >= 15 is 0 Å². The van der Waals surface area contributed by atoms with Crippen LogP contribution in [0, 0.1) is 5.92 Å². The highest BCUT2D eigenvalue weighted by Gasteiger charge is 2.30. The summed E-state index contributed by atoms with van der Waals surface area (Å²) in [5.74, 6) is -0.136. The maximum atomic E-state index is 12.0. The van der Waals surface area contributed by atoms with E-state index in [4.69, 9.17) is 11.6 Å². The number of hydrogen-bond donors (Lipinski definition) is 0. The van der Waals surface area contributed by atoms with Gasteiger partial charge in [0.15, 0.2) is 0 Å². The quantitative estimate of drug-likeness (QED) is 0.624. The summed E-state index contributed by atoms with van der Waals surface area (Å²) in [5.41, 5.74) is 0.987. The fraction of sp³-hybridized carbons (Fsp3) is 0.385. The molecule has 1 fully saturated rings. The molecule has 1 atom stereocenters. The topological polar surface area (TPSA) is 46.6 Å². The van der Waals surface area contributed by atoms with Crippen LogP contribution in [0.25, 0.3) is 0 Å². The molecule has 6 heteroatoms. The predicted octanol–water partition coefficient (Wildman–Crippen LogP) is 2.87. The summed E-state index contributed by atoms with van der Waals surface area (Å²) >= 11 is 9.38. The van der Waals surface area contributed by atoms with E-state index < -0.39 is 5.97 Å². The number of rotatable bonds is 3. The van der Waals surface area contributed by atoms with E-state index in [1.54, 1.807) is 17.0 Å². The largest absolute Gasteiger partial charge is 0.465 e. The molecule has 1 unspecified atom stereocenters. The molecule has 4 nitrogen and oxygen atoms in total. The molecule has 0 radical (unpaired) electrons. The van der Waals surface area contributed by atoms with Crippen molar-refractivity contribution in [2.75, 3.05) is 23.9 Å². The normalized spacial score (nSPS) is 18.8. The van der Waals surface area contributed by atoms with Crippen molar-refractivity contribution in [3.05, 3.63) is 28.8 Å². The van der Waals surface area contributed by atoms with Gasteiger partial charge in [0.2, 0.25) is 5.91 Å². The zero-order valence-electron chi connectivity index (χ0n) is 10.4. The van der Waals surface area contributed by atoms with Crippen LogP contribution in [0.2, 0.25) is 5.02 Å². The van der Waals surface area contributed by atoms with E-state index in [9.17, 15) is 9.59 Å². The third-order valence-electron chi connectivity index (χ3n) is 3.04. The first-order valence-corrected chi connectivity index (χ1v) is 7.30. The molecule has 1 aliphatic heterocycles. The number of benzene rings is 1. The number of amides is 1. The van der Waals surface area contributed by atoms with Gasteiger partial charge in [-0.05, 0) is 24.1 Å². The van der Waals surface area contributed by atoms with E-state index in [0.29, 0.717) is 29.2 Å².